The third-order valence-electron chi connectivity index (χ3n) is 5.02. The van der Waals surface area contributed by atoms with Crippen LogP contribution >= 0.6 is 34.2 Å². The van der Waals surface area contributed by atoms with Gasteiger partial charge in [0.25, 0.3) is 0 Å². The monoisotopic (exact) mass is 517 g/mol. The number of alkyl halides is 1. The van der Waals surface area contributed by atoms with E-state index < -0.39 is 0 Å². The standard InChI is InChI=1S/C20H17ClIN7/c1-12-23-25-20-16(22)10-28(15-6-4-14(21)5-7-15)19-9-13(3-8-18(19)29(12)20)17-11-27(2)26-24-17/h3-9,11,16H,10H2,1-2H3/t16-/m1/s1. The molecular weight excluding hydrogens is 501 g/mol. The lowest BCUT2D eigenvalue weighted by atomic mass is 10.1. The van der Waals surface area contributed by atoms with Crippen molar-refractivity contribution >= 4 is 45.6 Å². The Morgan fingerprint density at radius 3 is 2.55 bits per heavy atom. The molecule has 146 valence electrons. The average molecular weight is 518 g/mol. The zero-order valence-corrected chi connectivity index (χ0v) is 18.7. The Morgan fingerprint density at radius 1 is 1.03 bits per heavy atom. The predicted molar refractivity (Wildman–Crippen MR) is 121 cm³/mol. The van der Waals surface area contributed by atoms with Crippen LogP contribution in [-0.2, 0) is 7.05 Å². The van der Waals surface area contributed by atoms with Gasteiger partial charge in [0.15, 0.2) is 5.82 Å². The Hall–Kier alpha value is -2.46. The van der Waals surface area contributed by atoms with E-state index in [0.29, 0.717) is 0 Å². The van der Waals surface area contributed by atoms with E-state index in [4.69, 9.17) is 11.6 Å². The number of nitrogens with zero attached hydrogens (tertiary/aromatic N) is 7. The number of aromatic nitrogens is 6. The summed E-state index contributed by atoms with van der Waals surface area (Å²) in [6.07, 6.45) is 1.92. The molecule has 0 bridgehead atoms. The van der Waals surface area contributed by atoms with E-state index in [2.05, 4.69) is 70.8 Å². The number of benzene rings is 2. The molecule has 0 radical (unpaired) electrons. The number of fused-ring (bicyclic) bond motifs is 3. The van der Waals surface area contributed by atoms with Crippen LogP contribution in [0.1, 0.15) is 15.6 Å². The van der Waals surface area contributed by atoms with E-state index in [-0.39, 0.29) is 3.92 Å². The lowest BCUT2D eigenvalue weighted by Gasteiger charge is -2.26. The molecular formula is C20H17ClIN7. The minimum absolute atomic E-state index is 0.164. The maximum absolute atomic E-state index is 6.14. The van der Waals surface area contributed by atoms with Crippen molar-refractivity contribution in [2.75, 3.05) is 11.4 Å². The number of rotatable bonds is 2. The fourth-order valence-electron chi connectivity index (χ4n) is 3.65. The van der Waals surface area contributed by atoms with Gasteiger partial charge < -0.3 is 4.90 Å². The Bertz CT molecular complexity index is 1200. The van der Waals surface area contributed by atoms with Crippen molar-refractivity contribution in [2.24, 2.45) is 7.05 Å². The fourth-order valence-corrected chi connectivity index (χ4v) is 4.58. The molecule has 29 heavy (non-hydrogen) atoms. The van der Waals surface area contributed by atoms with E-state index in [1.165, 1.54) is 0 Å². The molecule has 3 heterocycles. The number of aryl methyl sites for hydroxylation is 2. The first kappa shape index (κ1) is 18.6. The SMILES string of the molecule is Cc1nnc2n1-c1ccc(-c3cn(C)nn3)cc1N(c1ccc(Cl)cc1)C[C@H]2I. The van der Waals surface area contributed by atoms with Gasteiger partial charge in [-0.05, 0) is 43.3 Å². The first-order valence-electron chi connectivity index (χ1n) is 9.11. The molecule has 0 spiro atoms. The van der Waals surface area contributed by atoms with Gasteiger partial charge in [0.2, 0.25) is 0 Å². The summed E-state index contributed by atoms with van der Waals surface area (Å²) in [6, 6.07) is 14.3. The normalized spacial score (nSPS) is 15.7. The number of anilines is 2. The van der Waals surface area contributed by atoms with Crippen molar-refractivity contribution in [3.8, 4) is 16.9 Å². The molecule has 5 rings (SSSR count). The molecule has 9 heteroatoms. The fraction of sp³-hybridized carbons (Fsp3) is 0.200. The minimum Gasteiger partial charge on any atom is -0.338 e. The lowest BCUT2D eigenvalue weighted by molar-refractivity contribution is 0.715. The molecule has 0 fully saturated rings. The predicted octanol–water partition coefficient (Wildman–Crippen LogP) is 4.65. The number of hydrogen-bond donors (Lipinski definition) is 0. The summed E-state index contributed by atoms with van der Waals surface area (Å²) in [5, 5.41) is 17.9. The van der Waals surface area contributed by atoms with Crippen LogP contribution in [0, 0.1) is 6.92 Å². The van der Waals surface area contributed by atoms with Crippen molar-refractivity contribution in [1.29, 1.82) is 0 Å². The van der Waals surface area contributed by atoms with Gasteiger partial charge in [0, 0.05) is 29.9 Å². The lowest BCUT2D eigenvalue weighted by Crippen LogP contribution is -2.20. The summed E-state index contributed by atoms with van der Waals surface area (Å²) in [6.45, 7) is 2.75. The maximum atomic E-state index is 6.14. The van der Waals surface area contributed by atoms with E-state index in [0.717, 1.165) is 51.5 Å². The van der Waals surface area contributed by atoms with Crippen LogP contribution in [0.3, 0.4) is 0 Å². The Morgan fingerprint density at radius 2 is 1.83 bits per heavy atom. The largest absolute Gasteiger partial charge is 0.338 e. The third kappa shape index (κ3) is 3.20. The van der Waals surface area contributed by atoms with Crippen molar-refractivity contribution in [2.45, 2.75) is 10.8 Å². The quantitative estimate of drug-likeness (QED) is 0.286. The van der Waals surface area contributed by atoms with Crippen LogP contribution < -0.4 is 4.90 Å². The minimum atomic E-state index is 0.164. The van der Waals surface area contributed by atoms with Crippen LogP contribution in [0.4, 0.5) is 11.4 Å². The summed E-state index contributed by atoms with van der Waals surface area (Å²) < 4.78 is 4.01. The van der Waals surface area contributed by atoms with Gasteiger partial charge in [-0.15, -0.1) is 15.3 Å². The van der Waals surface area contributed by atoms with E-state index in [1.54, 1.807) is 4.68 Å². The van der Waals surface area contributed by atoms with Gasteiger partial charge in [0.05, 0.1) is 21.5 Å². The maximum Gasteiger partial charge on any atom is 0.152 e. The van der Waals surface area contributed by atoms with E-state index in [9.17, 15) is 0 Å². The highest BCUT2D eigenvalue weighted by Crippen LogP contribution is 2.41. The van der Waals surface area contributed by atoms with Crippen LogP contribution in [-0.4, -0.2) is 36.3 Å². The topological polar surface area (TPSA) is 64.7 Å². The second-order valence-electron chi connectivity index (χ2n) is 6.98. The smallest absolute Gasteiger partial charge is 0.152 e. The molecule has 4 aromatic rings. The first-order valence-corrected chi connectivity index (χ1v) is 10.7. The second kappa shape index (κ2) is 7.10. The van der Waals surface area contributed by atoms with Crippen LogP contribution in [0.15, 0.2) is 48.7 Å². The average Bonchev–Trinajstić information content (AvgIpc) is 3.29. The van der Waals surface area contributed by atoms with Crippen LogP contribution in [0.25, 0.3) is 16.9 Å². The summed E-state index contributed by atoms with van der Waals surface area (Å²) in [5.41, 5.74) is 5.03. The van der Waals surface area contributed by atoms with Gasteiger partial charge in [0.1, 0.15) is 11.5 Å². The van der Waals surface area contributed by atoms with Gasteiger partial charge >= 0.3 is 0 Å². The molecule has 2 aromatic carbocycles. The molecule has 0 N–H and O–H groups in total. The molecule has 0 saturated carbocycles. The second-order valence-corrected chi connectivity index (χ2v) is 8.92. The molecule has 2 aromatic heterocycles. The van der Waals surface area contributed by atoms with Crippen molar-refractivity contribution < 1.29 is 0 Å². The summed E-state index contributed by atoms with van der Waals surface area (Å²) in [7, 11) is 1.87. The number of halogens is 2. The van der Waals surface area contributed by atoms with Gasteiger partial charge in [-0.1, -0.05) is 45.5 Å². The van der Waals surface area contributed by atoms with E-state index >= 15 is 0 Å². The zero-order chi connectivity index (χ0) is 20.1. The summed E-state index contributed by atoms with van der Waals surface area (Å²) in [5.74, 6) is 1.82. The van der Waals surface area contributed by atoms with Crippen molar-refractivity contribution in [3.05, 3.63) is 65.3 Å². The van der Waals surface area contributed by atoms with Gasteiger partial charge in [-0.3, -0.25) is 9.25 Å². The molecule has 0 unspecified atom stereocenters. The van der Waals surface area contributed by atoms with Crippen LogP contribution in [0.2, 0.25) is 5.02 Å². The highest BCUT2D eigenvalue weighted by Gasteiger charge is 2.29. The molecule has 0 amide bonds. The molecule has 1 atom stereocenters. The van der Waals surface area contributed by atoms with E-state index in [1.807, 2.05) is 44.4 Å². The zero-order valence-electron chi connectivity index (χ0n) is 15.8. The molecule has 7 nitrogen and oxygen atoms in total. The Balaban J connectivity index is 1.74. The number of hydrogen-bond acceptors (Lipinski definition) is 5. The van der Waals surface area contributed by atoms with Crippen LogP contribution in [0.5, 0.6) is 0 Å². The van der Waals surface area contributed by atoms with Crippen molar-refractivity contribution in [3.63, 3.8) is 0 Å². The summed E-state index contributed by atoms with van der Waals surface area (Å²) >= 11 is 8.58. The Labute approximate surface area is 186 Å². The van der Waals surface area contributed by atoms with Crippen molar-refractivity contribution in [1.82, 2.24) is 29.8 Å². The molecule has 1 aliphatic rings. The molecule has 0 aliphatic carbocycles. The highest BCUT2D eigenvalue weighted by atomic mass is 127. The first-order chi connectivity index (χ1) is 14.0. The van der Waals surface area contributed by atoms with Gasteiger partial charge in [-0.25, -0.2) is 0 Å². The third-order valence-corrected chi connectivity index (χ3v) is 6.22. The Kier molecular flexibility index (Phi) is 4.54. The summed E-state index contributed by atoms with van der Waals surface area (Å²) in [4.78, 5) is 2.30. The molecule has 1 aliphatic heterocycles. The molecule has 0 saturated heterocycles. The highest BCUT2D eigenvalue weighted by molar-refractivity contribution is 14.1. The van der Waals surface area contributed by atoms with Gasteiger partial charge in [-0.2, -0.15) is 0 Å².